The molecule has 1 atom stereocenters. The van der Waals surface area contributed by atoms with Gasteiger partial charge in [-0.15, -0.1) is 5.10 Å². The normalized spacial score (nSPS) is 16.7. The minimum Gasteiger partial charge on any atom is -0.480 e. The number of nitrogens with two attached hydrogens (primary N) is 1. The van der Waals surface area contributed by atoms with Crippen LogP contribution in [0.3, 0.4) is 0 Å². The Labute approximate surface area is 276 Å². The molecule has 5 rings (SSSR count). The number of aliphatic carboxylic acids is 1. The lowest BCUT2D eigenvalue weighted by atomic mass is 9.95. The van der Waals surface area contributed by atoms with Crippen molar-refractivity contribution in [3.05, 3.63) is 36.2 Å². The average molecular weight is 650 g/mol. The SMILES string of the molecule is N[C@@H](CCC(=O)N1CCC(Nc2nc(NCc3cn(CCCNCCCNC4CCCCC4)nn3)nc3ccccc23)CC1)C(=O)O. The molecular weight excluding hydrogens is 598 g/mol. The summed E-state index contributed by atoms with van der Waals surface area (Å²) in [5, 5.41) is 32.7. The highest BCUT2D eigenvalue weighted by Crippen LogP contribution is 2.25. The smallest absolute Gasteiger partial charge is 0.320 e. The maximum absolute atomic E-state index is 12.6. The zero-order valence-electron chi connectivity index (χ0n) is 27.4. The lowest BCUT2D eigenvalue weighted by molar-refractivity contribution is -0.139. The second-order valence-electron chi connectivity index (χ2n) is 12.8. The summed E-state index contributed by atoms with van der Waals surface area (Å²) < 4.78 is 1.88. The van der Waals surface area contributed by atoms with Crippen molar-refractivity contribution in [1.82, 2.24) is 40.5 Å². The van der Waals surface area contributed by atoms with Crippen LogP contribution in [-0.4, -0.2) is 97.7 Å². The first-order chi connectivity index (χ1) is 22.9. The number of amides is 1. The van der Waals surface area contributed by atoms with Crippen molar-refractivity contribution in [3.63, 3.8) is 0 Å². The number of anilines is 2. The van der Waals surface area contributed by atoms with E-state index in [1.165, 1.54) is 32.1 Å². The molecule has 1 aromatic carbocycles. The Balaban J connectivity index is 1.03. The molecule has 0 spiro atoms. The summed E-state index contributed by atoms with van der Waals surface area (Å²) >= 11 is 0. The monoisotopic (exact) mass is 649 g/mol. The van der Waals surface area contributed by atoms with Crippen LogP contribution >= 0.6 is 0 Å². The zero-order chi connectivity index (χ0) is 32.8. The van der Waals surface area contributed by atoms with Crippen molar-refractivity contribution in [2.24, 2.45) is 5.73 Å². The van der Waals surface area contributed by atoms with Crippen LogP contribution in [0, 0.1) is 0 Å². The van der Waals surface area contributed by atoms with Gasteiger partial charge in [0, 0.05) is 43.5 Å². The highest BCUT2D eigenvalue weighted by molar-refractivity contribution is 5.90. The van der Waals surface area contributed by atoms with Gasteiger partial charge >= 0.3 is 5.97 Å². The third kappa shape index (κ3) is 10.8. The summed E-state index contributed by atoms with van der Waals surface area (Å²) in [4.78, 5) is 34.8. The molecule has 3 aromatic rings. The summed E-state index contributed by atoms with van der Waals surface area (Å²) in [5.41, 5.74) is 7.21. The molecule has 2 aromatic heterocycles. The summed E-state index contributed by atoms with van der Waals surface area (Å²) in [5.74, 6) is 0.113. The number of carbonyl (C=O) groups is 2. The number of nitrogens with zero attached hydrogens (tertiary/aromatic N) is 6. The Morgan fingerprint density at radius 2 is 1.77 bits per heavy atom. The standard InChI is InChI=1S/C33H51N11O3/c34-28(32(46)47)12-13-30(45)43-20-14-25(15-21-43)38-31-27-10-4-5-11-29(27)39-33(40-31)37-22-26-23-44(42-41-26)19-7-17-35-16-6-18-36-24-8-2-1-3-9-24/h4-5,10-11,23-25,28,35-36H,1-3,6-9,12-22,34H2,(H,46,47)(H2,37,38,39,40)/t28-/m0/s1. The number of hydrogen-bond donors (Lipinski definition) is 6. The number of hydrogen-bond acceptors (Lipinski definition) is 11. The maximum Gasteiger partial charge on any atom is 0.320 e. The van der Waals surface area contributed by atoms with Crippen LogP contribution in [0.5, 0.6) is 0 Å². The van der Waals surface area contributed by atoms with Gasteiger partial charge in [-0.05, 0) is 76.7 Å². The van der Waals surface area contributed by atoms with E-state index in [0.717, 1.165) is 80.3 Å². The lowest BCUT2D eigenvalue weighted by Crippen LogP contribution is -2.43. The Morgan fingerprint density at radius 3 is 2.57 bits per heavy atom. The van der Waals surface area contributed by atoms with Gasteiger partial charge in [-0.2, -0.15) is 4.98 Å². The molecule has 7 N–H and O–H groups in total. The molecule has 14 nitrogen and oxygen atoms in total. The number of rotatable bonds is 18. The first kappa shape index (κ1) is 34.5. The maximum atomic E-state index is 12.6. The van der Waals surface area contributed by atoms with Crippen molar-refractivity contribution < 1.29 is 14.7 Å². The van der Waals surface area contributed by atoms with Gasteiger partial charge < -0.3 is 37.0 Å². The highest BCUT2D eigenvalue weighted by atomic mass is 16.4. The molecule has 256 valence electrons. The van der Waals surface area contributed by atoms with E-state index < -0.39 is 12.0 Å². The predicted molar refractivity (Wildman–Crippen MR) is 182 cm³/mol. The van der Waals surface area contributed by atoms with Crippen LogP contribution < -0.4 is 27.0 Å². The second kappa shape index (κ2) is 17.9. The third-order valence-corrected chi connectivity index (χ3v) is 9.10. The molecule has 1 saturated heterocycles. The summed E-state index contributed by atoms with van der Waals surface area (Å²) in [7, 11) is 0. The van der Waals surface area contributed by atoms with Crippen molar-refractivity contribution in [1.29, 1.82) is 0 Å². The molecule has 0 radical (unpaired) electrons. The molecule has 2 fully saturated rings. The Hall–Kier alpha value is -3.88. The van der Waals surface area contributed by atoms with Gasteiger partial charge in [-0.25, -0.2) is 4.98 Å². The quantitative estimate of drug-likeness (QED) is 0.111. The van der Waals surface area contributed by atoms with E-state index in [2.05, 4.69) is 31.6 Å². The van der Waals surface area contributed by atoms with E-state index in [0.29, 0.717) is 25.6 Å². The Bertz CT molecular complexity index is 1420. The van der Waals surface area contributed by atoms with Crippen LogP contribution in [0.2, 0.25) is 0 Å². The molecular formula is C33H51N11O3. The van der Waals surface area contributed by atoms with Gasteiger partial charge in [-0.3, -0.25) is 14.3 Å². The van der Waals surface area contributed by atoms with E-state index in [4.69, 9.17) is 20.8 Å². The van der Waals surface area contributed by atoms with E-state index in [1.54, 1.807) is 4.90 Å². The van der Waals surface area contributed by atoms with E-state index in [9.17, 15) is 9.59 Å². The van der Waals surface area contributed by atoms with Crippen LogP contribution in [0.4, 0.5) is 11.8 Å². The predicted octanol–water partition coefficient (Wildman–Crippen LogP) is 2.72. The fourth-order valence-corrected chi connectivity index (χ4v) is 6.31. The number of nitrogens with one attached hydrogen (secondary N) is 4. The van der Waals surface area contributed by atoms with Crippen LogP contribution in [0.25, 0.3) is 10.9 Å². The van der Waals surface area contributed by atoms with Crippen LogP contribution in [0.1, 0.15) is 76.3 Å². The number of carboxylic acid groups (broad SMARTS) is 1. The van der Waals surface area contributed by atoms with Crippen molar-refractivity contribution in [2.75, 3.05) is 43.4 Å². The van der Waals surface area contributed by atoms with E-state index in [1.807, 2.05) is 35.1 Å². The first-order valence-electron chi connectivity index (χ1n) is 17.3. The van der Waals surface area contributed by atoms with Gasteiger partial charge in [-0.1, -0.05) is 36.6 Å². The molecule has 0 bridgehead atoms. The molecule has 2 aliphatic rings. The van der Waals surface area contributed by atoms with Gasteiger partial charge in [0.05, 0.1) is 18.3 Å². The van der Waals surface area contributed by atoms with Crippen LogP contribution in [-0.2, 0) is 22.7 Å². The molecule has 3 heterocycles. The second-order valence-corrected chi connectivity index (χ2v) is 12.8. The number of fused-ring (bicyclic) bond motifs is 1. The molecule has 0 unspecified atom stereocenters. The van der Waals surface area contributed by atoms with Gasteiger partial charge in [0.15, 0.2) is 0 Å². The molecule has 1 amide bonds. The first-order valence-corrected chi connectivity index (χ1v) is 17.3. The number of aromatic nitrogens is 5. The number of carboxylic acids is 1. The zero-order valence-corrected chi connectivity index (χ0v) is 27.4. The molecule has 1 aliphatic heterocycles. The minimum absolute atomic E-state index is 0.0549. The van der Waals surface area contributed by atoms with Gasteiger partial charge in [0.2, 0.25) is 11.9 Å². The number of carbonyl (C=O) groups excluding carboxylic acids is 1. The number of piperidine rings is 1. The van der Waals surface area contributed by atoms with Gasteiger partial charge in [0.1, 0.15) is 17.6 Å². The van der Waals surface area contributed by atoms with Crippen molar-refractivity contribution in [3.8, 4) is 0 Å². The molecule has 1 saturated carbocycles. The van der Waals surface area contributed by atoms with Crippen molar-refractivity contribution >= 4 is 34.5 Å². The number of likely N-dealkylation sites (tertiary alicyclic amines) is 1. The number of benzene rings is 1. The number of para-hydroxylation sites is 1. The topological polar surface area (TPSA) is 188 Å². The molecule has 14 heteroatoms. The fourth-order valence-electron chi connectivity index (χ4n) is 6.31. The Kier molecular flexibility index (Phi) is 13.1. The van der Waals surface area contributed by atoms with Crippen LogP contribution in [0.15, 0.2) is 30.5 Å². The summed E-state index contributed by atoms with van der Waals surface area (Å²) in [6.45, 7) is 5.52. The summed E-state index contributed by atoms with van der Waals surface area (Å²) in [6.07, 6.45) is 12.7. The summed E-state index contributed by atoms with van der Waals surface area (Å²) in [6, 6.07) is 7.74. The average Bonchev–Trinajstić information content (AvgIpc) is 3.55. The molecule has 1 aliphatic carbocycles. The van der Waals surface area contributed by atoms with Crippen molar-refractivity contribution in [2.45, 2.75) is 102 Å². The Morgan fingerprint density at radius 1 is 0.979 bits per heavy atom. The lowest BCUT2D eigenvalue weighted by Gasteiger charge is -2.33. The van der Waals surface area contributed by atoms with E-state index in [-0.39, 0.29) is 24.8 Å². The van der Waals surface area contributed by atoms with Gasteiger partial charge in [0.25, 0.3) is 0 Å². The number of aryl methyl sites for hydroxylation is 1. The third-order valence-electron chi connectivity index (χ3n) is 9.10. The fraction of sp³-hybridized carbons (Fsp3) is 0.636. The largest absolute Gasteiger partial charge is 0.480 e. The van der Waals surface area contributed by atoms with E-state index >= 15 is 0 Å². The highest BCUT2D eigenvalue weighted by Gasteiger charge is 2.25. The minimum atomic E-state index is -1.08. The molecule has 47 heavy (non-hydrogen) atoms.